The smallest absolute Gasteiger partial charge is 0.434 e. The molecule has 0 spiro atoms. The molecule has 8 aliphatic rings. The van der Waals surface area contributed by atoms with Crippen molar-refractivity contribution in [3.05, 3.63) is 178 Å². The number of nitrogens with one attached hydrogen (secondary N) is 2. The maximum absolute atomic E-state index is 12.1. The lowest BCUT2D eigenvalue weighted by Gasteiger charge is -2.25. The van der Waals surface area contributed by atoms with Crippen LogP contribution in [0.4, 0.5) is 54.5 Å². The molecule has 0 aromatic heterocycles. The minimum Gasteiger partial charge on any atom is -0.445 e. The predicted octanol–water partition coefficient (Wildman–Crippen LogP) is 11.2. The molecule has 0 aliphatic carbocycles. The second-order valence-electron chi connectivity index (χ2n) is 39.0. The van der Waals surface area contributed by atoms with Crippen LogP contribution in [0.5, 0.6) is 0 Å². The van der Waals surface area contributed by atoms with E-state index in [1.54, 1.807) is 78.5 Å². The highest BCUT2D eigenvalue weighted by atomic mass is 16.8. The molecule has 8 saturated heterocycles. The molecular weight excluding hydrogens is 1930 g/mol. The van der Waals surface area contributed by atoms with Crippen LogP contribution in [0.25, 0.3) is 0 Å². The third-order valence-corrected chi connectivity index (χ3v) is 20.8. The quantitative estimate of drug-likeness (QED) is 0.0456. The Balaban J connectivity index is 0.000000260. The second kappa shape index (κ2) is 66.5. The molecule has 828 valence electrons. The van der Waals surface area contributed by atoms with Gasteiger partial charge in [-0.3, -0.25) is 53.7 Å². The van der Waals surface area contributed by atoms with E-state index in [0.717, 1.165) is 59.2 Å². The number of ether oxygens (including phenoxy) is 9. The molecule has 13 rings (SSSR count). The van der Waals surface area contributed by atoms with E-state index in [4.69, 9.17) is 91.5 Å². The molecule has 8 aliphatic heterocycles. The first kappa shape index (κ1) is 125. The van der Waals surface area contributed by atoms with E-state index in [1.807, 2.05) is 208 Å². The number of aliphatic hydroxyl groups excluding tert-OH is 2. The summed E-state index contributed by atoms with van der Waals surface area (Å²) in [5.74, 6) is 0. The minimum atomic E-state index is -0.596. The van der Waals surface area contributed by atoms with Gasteiger partial charge in [-0.25, -0.2) is 48.6 Å². The number of benzene rings is 5. The first-order chi connectivity index (χ1) is 70.3. The number of carbonyl (C=O) groups excluding carboxylic acids is 9. The zero-order chi connectivity index (χ0) is 109. The van der Waals surface area contributed by atoms with Gasteiger partial charge in [0.1, 0.15) is 54.4 Å². The predicted molar refractivity (Wildman–Crippen MR) is 544 cm³/mol. The molecule has 9 amide bonds. The Hall–Kier alpha value is -11.9. The summed E-state index contributed by atoms with van der Waals surface area (Å²) in [6.45, 7) is 46.7. The van der Waals surface area contributed by atoms with Gasteiger partial charge in [-0.05, 0) is 145 Å². The number of hydrogen-bond donors (Lipinski definition) is 4. The summed E-state index contributed by atoms with van der Waals surface area (Å²) in [6, 6.07) is 44.7. The van der Waals surface area contributed by atoms with E-state index < -0.39 is 69.5 Å². The Morgan fingerprint density at radius 2 is 0.662 bits per heavy atom. The van der Waals surface area contributed by atoms with Gasteiger partial charge >= 0.3 is 54.8 Å². The van der Waals surface area contributed by atoms with Gasteiger partial charge in [-0.15, -0.1) is 0 Å². The van der Waals surface area contributed by atoms with Crippen molar-refractivity contribution in [2.24, 2.45) is 0 Å². The Bertz CT molecular complexity index is 4630. The maximum atomic E-state index is 12.1. The fraction of sp³-hybridized carbons (Fsp3) is 0.614. The number of nitro benzene ring substituents is 1. The molecule has 8 heterocycles. The van der Waals surface area contributed by atoms with Gasteiger partial charge in [0.2, 0.25) is 0 Å². The van der Waals surface area contributed by atoms with Gasteiger partial charge < -0.3 is 87.6 Å². The van der Waals surface area contributed by atoms with Gasteiger partial charge in [-0.1, -0.05) is 121 Å². The molecule has 0 unspecified atom stereocenters. The maximum Gasteiger partial charge on any atom is 0.434 e. The summed E-state index contributed by atoms with van der Waals surface area (Å²) in [7, 11) is 3.86. The van der Waals surface area contributed by atoms with E-state index in [-0.39, 0.29) is 63.5 Å². The van der Waals surface area contributed by atoms with E-state index in [1.165, 1.54) is 37.3 Å². The molecular formula is C101H159N17O30. The fourth-order valence-electron chi connectivity index (χ4n) is 13.3. The van der Waals surface area contributed by atoms with Crippen LogP contribution in [-0.2, 0) is 108 Å². The normalized spacial score (nSPS) is 17.2. The Kier molecular flexibility index (Phi) is 56.1. The summed E-state index contributed by atoms with van der Waals surface area (Å²) in [6.07, 6.45) is -3.66. The second-order valence-corrected chi connectivity index (χ2v) is 39.0. The lowest BCUT2D eigenvalue weighted by Crippen LogP contribution is -2.39. The number of hydroxylamine groups is 15. The molecule has 0 bridgehead atoms. The zero-order valence-corrected chi connectivity index (χ0v) is 89.2. The fourth-order valence-corrected chi connectivity index (χ4v) is 13.3. The summed E-state index contributed by atoms with van der Waals surface area (Å²) in [5.41, 5.74) is 4.90. The molecule has 0 radical (unpaired) electrons. The van der Waals surface area contributed by atoms with Crippen molar-refractivity contribution in [3.63, 3.8) is 0 Å². The molecule has 0 saturated carbocycles. The first-order valence-corrected chi connectivity index (χ1v) is 49.7. The lowest BCUT2D eigenvalue weighted by atomic mass is 10.2. The number of aliphatic hydroxyl groups is 2. The van der Waals surface area contributed by atoms with Crippen LogP contribution in [0.3, 0.4) is 0 Å². The summed E-state index contributed by atoms with van der Waals surface area (Å²) in [5, 5.41) is 41.1. The molecule has 5 aromatic carbocycles. The number of non-ortho nitro benzene ring substituents is 1. The highest BCUT2D eigenvalue weighted by Gasteiger charge is 2.33. The van der Waals surface area contributed by atoms with Crippen molar-refractivity contribution >= 4 is 66.2 Å². The van der Waals surface area contributed by atoms with Crippen LogP contribution >= 0.6 is 0 Å². The van der Waals surface area contributed by atoms with Gasteiger partial charge in [0.25, 0.3) is 5.69 Å². The lowest BCUT2D eigenvalue weighted by molar-refractivity contribution is -0.384. The molecule has 4 N–H and O–H groups in total. The van der Waals surface area contributed by atoms with E-state index in [0.29, 0.717) is 197 Å². The summed E-state index contributed by atoms with van der Waals surface area (Å²) >= 11 is 0. The summed E-state index contributed by atoms with van der Waals surface area (Å²) < 4.78 is 47.2. The van der Waals surface area contributed by atoms with Gasteiger partial charge in [0.05, 0.1) is 110 Å². The molecule has 47 nitrogen and oxygen atoms in total. The standard InChI is InChI=1S/C17H24N2O5.C15H21N3O5.C14H20N2O4.C13H18N2O3.C12H16N2O3.C11H22N2O4.C10H20N2O3.C9H18N2O3/c1-17(2,3)24-16(21)19-10-9-18(11-12-23-19)15(20)22-13-14-7-5-4-6-8-14;1-15(2,3)23-14(19)17-9-8-16(10-11-22-17)12-4-6-13(7-5-12)18(20)21;17-10-8-16-7-6-15(9-11-20-16)14(18)19-12-13-4-2-1-3-5-13;1-14-7-8-15(9-10-18-14)13(16)17-11-12-5-3-2-4-6-12;15-12(14-7-6-13-17-9-8-14)16-10-11-4-2-1-3-5-11;1-11(2,3)17-10(15)13-5-4-12(6-8-14)7-9-16-13;1-10(2,3)15-9(13)12-6-5-11(4)7-8-14-12;1-9(2,3)14-8(12)11-6-4-10-5-7-13-11/h4-8H,9-13H2,1-3H3;4-7H,8-11H2,1-3H3;1-5,17H,6-12H2;2-6H,7-11H2,1H3;1-5,13H,6-10H2;14H,4-9H2,1-3H3;5-8H2,1-4H3;10H,4-7H2,1-3H3. The van der Waals surface area contributed by atoms with Crippen molar-refractivity contribution in [2.45, 2.75) is 158 Å². The number of likely N-dealkylation sites (N-methyl/N-ethyl adjacent to an activating group) is 2. The van der Waals surface area contributed by atoms with E-state index >= 15 is 0 Å². The third-order valence-electron chi connectivity index (χ3n) is 20.8. The van der Waals surface area contributed by atoms with Crippen LogP contribution < -0.4 is 15.7 Å². The Morgan fingerprint density at radius 3 is 1.07 bits per heavy atom. The Labute approximate surface area is 869 Å². The van der Waals surface area contributed by atoms with Crippen LogP contribution in [0.2, 0.25) is 0 Å². The number of carbonyl (C=O) groups is 9. The van der Waals surface area contributed by atoms with Gasteiger partial charge in [0.15, 0.2) is 0 Å². The minimum absolute atomic E-state index is 0.0401. The highest BCUT2D eigenvalue weighted by molar-refractivity contribution is 5.71. The van der Waals surface area contributed by atoms with Gasteiger partial charge in [-0.2, -0.15) is 35.4 Å². The number of β-amino-alcohol motifs (C(OH)–C–C–N with tert-alkyl or cyclic N) is 2. The number of nitrogens with zero attached hydrogens (tertiary/aromatic N) is 15. The number of anilines is 1. The molecule has 0 atom stereocenters. The number of nitro groups is 1. The molecule has 148 heavy (non-hydrogen) atoms. The van der Waals surface area contributed by atoms with Crippen LogP contribution in [0, 0.1) is 10.1 Å². The van der Waals surface area contributed by atoms with Crippen molar-refractivity contribution in [3.8, 4) is 0 Å². The van der Waals surface area contributed by atoms with E-state index in [2.05, 4.69) is 15.7 Å². The van der Waals surface area contributed by atoms with Crippen molar-refractivity contribution in [1.29, 1.82) is 0 Å². The zero-order valence-electron chi connectivity index (χ0n) is 89.2. The highest BCUT2D eigenvalue weighted by Crippen LogP contribution is 2.24. The molecule has 5 aromatic rings. The Morgan fingerprint density at radius 1 is 0.324 bits per heavy atom. The third kappa shape index (κ3) is 54.3. The SMILES string of the molecule is CC(C)(C)OC(=O)N1CCN(C(=O)OCc2ccccc2)CCO1.CC(C)(C)OC(=O)N1CCN(CCO)CCO1.CC(C)(C)OC(=O)N1CCN(c2ccc([N+](=O)[O-])cc2)CCO1.CC(C)(C)OC(=O)N1CCNCCO1.CN1CCN(C(=O)OCc2ccccc2)CCO1.CN1CCON(C(=O)OC(C)(C)C)CC1.O=C(OCc1ccccc1)N1CCNOCC1.O=C(OCc1ccccc1)N1CCON(CCO)CC1. The van der Waals surface area contributed by atoms with Crippen LogP contribution in [0.1, 0.15) is 126 Å². The largest absolute Gasteiger partial charge is 0.445 e. The van der Waals surface area contributed by atoms with Crippen molar-refractivity contribution in [1.82, 2.24) is 75.6 Å². The number of hydrogen-bond acceptors (Lipinski definition) is 37. The van der Waals surface area contributed by atoms with Crippen molar-refractivity contribution < 1.29 is 140 Å². The average Bonchev–Trinajstić information content (AvgIpc) is 1.62. The van der Waals surface area contributed by atoms with Crippen LogP contribution in [-0.4, -0.2) is 413 Å². The van der Waals surface area contributed by atoms with Crippen molar-refractivity contribution in [2.75, 3.05) is 255 Å². The van der Waals surface area contributed by atoms with E-state index in [9.17, 15) is 53.3 Å². The molecule has 47 heteroatoms. The van der Waals surface area contributed by atoms with Gasteiger partial charge in [0, 0.05) is 156 Å². The average molecular weight is 2090 g/mol. The van der Waals surface area contributed by atoms with Crippen LogP contribution in [0.15, 0.2) is 146 Å². The number of amides is 9. The topological polar surface area (TPSA) is 464 Å². The summed E-state index contributed by atoms with van der Waals surface area (Å²) in [4.78, 5) is 172. The first-order valence-electron chi connectivity index (χ1n) is 49.7. The molecule has 8 fully saturated rings. The monoisotopic (exact) mass is 2090 g/mol. The number of rotatable bonds is 14.